The van der Waals surface area contributed by atoms with Crippen LogP contribution in [-0.2, 0) is 4.79 Å². The van der Waals surface area contributed by atoms with E-state index in [-0.39, 0.29) is 11.7 Å². The van der Waals surface area contributed by atoms with Crippen LogP contribution in [-0.4, -0.2) is 24.3 Å². The minimum atomic E-state index is -0.411. The molecular weight excluding hydrogens is 280 g/mol. The van der Waals surface area contributed by atoms with Gasteiger partial charge >= 0.3 is 0 Å². The fourth-order valence-electron chi connectivity index (χ4n) is 1.95. The summed E-state index contributed by atoms with van der Waals surface area (Å²) in [5.41, 5.74) is 0.603. The molecule has 0 heterocycles. The van der Waals surface area contributed by atoms with Crippen LogP contribution in [0, 0.1) is 11.3 Å². The quantitative estimate of drug-likeness (QED) is 0.562. The number of nitrogens with one attached hydrogen (secondary N) is 1. The van der Waals surface area contributed by atoms with Gasteiger partial charge in [0.15, 0.2) is 5.78 Å². The van der Waals surface area contributed by atoms with Crippen molar-refractivity contribution in [3.05, 3.63) is 29.8 Å². The van der Waals surface area contributed by atoms with Crippen molar-refractivity contribution in [1.29, 1.82) is 5.26 Å². The van der Waals surface area contributed by atoms with Crippen LogP contribution in [0.2, 0.25) is 0 Å². The lowest BCUT2D eigenvalue weighted by Crippen LogP contribution is -2.33. The van der Waals surface area contributed by atoms with Gasteiger partial charge in [-0.25, -0.2) is 0 Å². The molecule has 1 aromatic rings. The largest absolute Gasteiger partial charge is 0.494 e. The molecule has 22 heavy (non-hydrogen) atoms. The van der Waals surface area contributed by atoms with Gasteiger partial charge in [0.1, 0.15) is 11.8 Å². The predicted molar refractivity (Wildman–Crippen MR) is 83.6 cm³/mol. The van der Waals surface area contributed by atoms with Gasteiger partial charge < -0.3 is 10.1 Å². The van der Waals surface area contributed by atoms with Crippen molar-refractivity contribution in [3.8, 4) is 11.8 Å². The van der Waals surface area contributed by atoms with Crippen molar-refractivity contribution in [2.24, 2.45) is 0 Å². The van der Waals surface area contributed by atoms with Crippen LogP contribution in [0.15, 0.2) is 24.3 Å². The lowest BCUT2D eigenvalue weighted by molar-refractivity contribution is -0.121. The van der Waals surface area contributed by atoms with E-state index in [9.17, 15) is 9.59 Å². The van der Waals surface area contributed by atoms with Gasteiger partial charge in [-0.15, -0.1) is 0 Å². The van der Waals surface area contributed by atoms with Gasteiger partial charge in [-0.05, 0) is 31.9 Å². The highest BCUT2D eigenvalue weighted by atomic mass is 16.5. The lowest BCUT2D eigenvalue weighted by atomic mass is 10.1. The van der Waals surface area contributed by atoms with Crippen LogP contribution >= 0.6 is 0 Å². The van der Waals surface area contributed by atoms with E-state index in [0.29, 0.717) is 37.2 Å². The van der Waals surface area contributed by atoms with Crippen molar-refractivity contribution in [2.75, 3.05) is 6.61 Å². The Kier molecular flexibility index (Phi) is 7.69. The number of carbonyl (C=O) groups excluding carboxylic acids is 2. The van der Waals surface area contributed by atoms with E-state index in [1.54, 1.807) is 24.3 Å². The van der Waals surface area contributed by atoms with Gasteiger partial charge in [0.05, 0.1) is 12.7 Å². The smallest absolute Gasteiger partial charge is 0.221 e. The van der Waals surface area contributed by atoms with E-state index in [4.69, 9.17) is 10.00 Å². The molecule has 5 nitrogen and oxygen atoms in total. The maximum absolute atomic E-state index is 11.7. The third kappa shape index (κ3) is 6.40. The van der Waals surface area contributed by atoms with Crippen LogP contribution in [0.4, 0.5) is 0 Å². The Morgan fingerprint density at radius 3 is 2.82 bits per heavy atom. The topological polar surface area (TPSA) is 79.2 Å². The molecule has 0 aliphatic carbocycles. The number of carbonyl (C=O) groups is 2. The minimum absolute atomic E-state index is 0.0108. The van der Waals surface area contributed by atoms with Gasteiger partial charge in [-0.3, -0.25) is 9.59 Å². The Morgan fingerprint density at radius 2 is 2.18 bits per heavy atom. The molecule has 0 saturated heterocycles. The van der Waals surface area contributed by atoms with E-state index in [1.807, 2.05) is 6.92 Å². The Hall–Kier alpha value is -2.35. The molecule has 0 aliphatic heterocycles. The van der Waals surface area contributed by atoms with Gasteiger partial charge in [-0.2, -0.15) is 5.26 Å². The summed E-state index contributed by atoms with van der Waals surface area (Å²) in [6.07, 6.45) is 2.39. The first-order valence-corrected chi connectivity index (χ1v) is 7.49. The second-order valence-electron chi connectivity index (χ2n) is 5.07. The Balaban J connectivity index is 2.30. The molecule has 1 rings (SSSR count). The highest BCUT2D eigenvalue weighted by molar-refractivity contribution is 5.94. The second kappa shape index (κ2) is 9.56. The van der Waals surface area contributed by atoms with E-state index in [2.05, 4.69) is 11.4 Å². The van der Waals surface area contributed by atoms with Crippen molar-refractivity contribution in [1.82, 2.24) is 5.32 Å². The first kappa shape index (κ1) is 17.7. The molecule has 0 bridgehead atoms. The fourth-order valence-corrected chi connectivity index (χ4v) is 1.95. The third-order valence-electron chi connectivity index (χ3n) is 3.13. The molecule has 0 aliphatic rings. The molecule has 1 N–H and O–H groups in total. The monoisotopic (exact) mass is 302 g/mol. The number of nitriles is 1. The molecule has 1 aromatic carbocycles. The van der Waals surface area contributed by atoms with Crippen LogP contribution in [0.1, 0.15) is 49.9 Å². The van der Waals surface area contributed by atoms with Crippen LogP contribution in [0.25, 0.3) is 0 Å². The Morgan fingerprint density at radius 1 is 1.41 bits per heavy atom. The van der Waals surface area contributed by atoms with Crippen molar-refractivity contribution >= 4 is 11.7 Å². The zero-order chi connectivity index (χ0) is 16.4. The molecule has 0 spiro atoms. The first-order valence-electron chi connectivity index (χ1n) is 7.49. The highest BCUT2D eigenvalue weighted by Crippen LogP contribution is 2.14. The number of Topliss-reactive ketones (excluding diaryl/α,β-unsaturated/α-hetero) is 1. The SMILES string of the molecule is CCC[C@@H](C#N)NC(=O)CCCOc1cccc(C(C)=O)c1. The summed E-state index contributed by atoms with van der Waals surface area (Å²) >= 11 is 0. The highest BCUT2D eigenvalue weighted by Gasteiger charge is 2.10. The normalized spacial score (nSPS) is 11.3. The number of amides is 1. The van der Waals surface area contributed by atoms with Gasteiger partial charge in [-0.1, -0.05) is 25.5 Å². The molecular formula is C17H22N2O3. The predicted octanol–water partition coefficient (Wildman–Crippen LogP) is 2.86. The number of hydrogen-bond donors (Lipinski definition) is 1. The van der Waals surface area contributed by atoms with Crippen LogP contribution < -0.4 is 10.1 Å². The maximum Gasteiger partial charge on any atom is 0.221 e. The van der Waals surface area contributed by atoms with Gasteiger partial charge in [0.2, 0.25) is 5.91 Å². The van der Waals surface area contributed by atoms with Crippen LogP contribution in [0.3, 0.4) is 0 Å². The summed E-state index contributed by atoms with van der Waals surface area (Å²) < 4.78 is 5.53. The number of ether oxygens (including phenoxy) is 1. The summed E-state index contributed by atoms with van der Waals surface area (Å²) in [7, 11) is 0. The number of benzene rings is 1. The molecule has 0 radical (unpaired) electrons. The molecule has 5 heteroatoms. The van der Waals surface area contributed by atoms with Crippen molar-refractivity contribution in [2.45, 2.75) is 45.6 Å². The summed E-state index contributed by atoms with van der Waals surface area (Å²) in [5.74, 6) is 0.471. The zero-order valence-electron chi connectivity index (χ0n) is 13.1. The molecule has 1 amide bonds. The molecule has 1 atom stereocenters. The van der Waals surface area contributed by atoms with Crippen molar-refractivity contribution in [3.63, 3.8) is 0 Å². The van der Waals surface area contributed by atoms with E-state index < -0.39 is 6.04 Å². The van der Waals surface area contributed by atoms with Gasteiger partial charge in [0, 0.05) is 12.0 Å². The average molecular weight is 302 g/mol. The first-order chi connectivity index (χ1) is 10.6. The number of rotatable bonds is 9. The zero-order valence-corrected chi connectivity index (χ0v) is 13.1. The average Bonchev–Trinajstić information content (AvgIpc) is 2.51. The number of ketones is 1. The van der Waals surface area contributed by atoms with E-state index in [0.717, 1.165) is 6.42 Å². The summed E-state index contributed by atoms with van der Waals surface area (Å²) in [6.45, 7) is 3.87. The fraction of sp³-hybridized carbons (Fsp3) is 0.471. The molecule has 0 aromatic heterocycles. The van der Waals surface area contributed by atoms with E-state index in [1.165, 1.54) is 6.92 Å². The second-order valence-corrected chi connectivity index (χ2v) is 5.07. The Bertz CT molecular complexity index is 549. The van der Waals surface area contributed by atoms with E-state index >= 15 is 0 Å². The van der Waals surface area contributed by atoms with Gasteiger partial charge in [0.25, 0.3) is 0 Å². The summed E-state index contributed by atoms with van der Waals surface area (Å²) in [6, 6.07) is 8.63. The molecule has 0 fully saturated rings. The Labute approximate surface area is 131 Å². The molecule has 0 unspecified atom stereocenters. The van der Waals surface area contributed by atoms with Crippen molar-refractivity contribution < 1.29 is 14.3 Å². The molecule has 0 saturated carbocycles. The number of nitrogens with zero attached hydrogens (tertiary/aromatic N) is 1. The minimum Gasteiger partial charge on any atom is -0.494 e. The lowest BCUT2D eigenvalue weighted by Gasteiger charge is -2.11. The molecule has 118 valence electrons. The third-order valence-corrected chi connectivity index (χ3v) is 3.13. The number of hydrogen-bond acceptors (Lipinski definition) is 4. The maximum atomic E-state index is 11.7. The summed E-state index contributed by atoms with van der Waals surface area (Å²) in [4.78, 5) is 22.9. The standard InChI is InChI=1S/C17H22N2O3/c1-3-6-15(12-18)19-17(21)9-5-10-22-16-8-4-7-14(11-16)13(2)20/h4,7-8,11,15H,3,5-6,9-10H2,1-2H3,(H,19,21)/t15-/m0/s1. The van der Waals surface area contributed by atoms with Crippen LogP contribution in [0.5, 0.6) is 5.75 Å². The summed E-state index contributed by atoms with van der Waals surface area (Å²) in [5, 5.41) is 11.6.